The van der Waals surface area contributed by atoms with Crippen LogP contribution in [0.2, 0.25) is 0 Å². The van der Waals surface area contributed by atoms with Crippen LogP contribution in [0, 0.1) is 5.92 Å². The molecule has 0 aliphatic carbocycles. The number of nitrogens with zero attached hydrogens (tertiary/aromatic N) is 2. The minimum atomic E-state index is -1.03. The molecule has 7 nitrogen and oxygen atoms in total. The third-order valence-corrected chi connectivity index (χ3v) is 3.46. The second-order valence-corrected chi connectivity index (χ2v) is 4.85. The normalized spacial score (nSPS) is 30.7. The highest BCUT2D eigenvalue weighted by atomic mass is 16.5. The summed E-state index contributed by atoms with van der Waals surface area (Å²) >= 11 is 0. The first kappa shape index (κ1) is 14.0. The molecule has 2 rings (SSSR count). The van der Waals surface area contributed by atoms with Crippen molar-refractivity contribution in [3.05, 3.63) is 11.8 Å². The van der Waals surface area contributed by atoms with Gasteiger partial charge < -0.3 is 19.0 Å². The van der Waals surface area contributed by atoms with Gasteiger partial charge >= 0.3 is 5.97 Å². The number of hydrogen-bond acceptors (Lipinski definition) is 6. The fraction of sp³-hybridized carbons (Fsp3) is 0.750. The van der Waals surface area contributed by atoms with Crippen LogP contribution in [-0.4, -0.2) is 40.1 Å². The SMILES string of the molecule is CC1OC(C)C(c2nnc(COCC(=O)O)o2)C1C. The summed E-state index contributed by atoms with van der Waals surface area (Å²) in [5, 5.41) is 16.3. The summed E-state index contributed by atoms with van der Waals surface area (Å²) in [5.74, 6) is 0.146. The highest BCUT2D eigenvalue weighted by Gasteiger charge is 2.41. The van der Waals surface area contributed by atoms with E-state index in [4.69, 9.17) is 19.0 Å². The van der Waals surface area contributed by atoms with Gasteiger partial charge in [-0.25, -0.2) is 4.79 Å². The third-order valence-electron chi connectivity index (χ3n) is 3.46. The van der Waals surface area contributed by atoms with Crippen molar-refractivity contribution in [2.45, 2.75) is 45.5 Å². The average Bonchev–Trinajstić information content (AvgIpc) is 2.85. The Morgan fingerprint density at radius 1 is 1.32 bits per heavy atom. The number of rotatable bonds is 5. The summed E-state index contributed by atoms with van der Waals surface area (Å²) in [7, 11) is 0. The Hall–Kier alpha value is -1.47. The number of carboxylic acid groups (broad SMARTS) is 1. The zero-order chi connectivity index (χ0) is 14.0. The van der Waals surface area contributed by atoms with Gasteiger partial charge in [-0.3, -0.25) is 0 Å². The van der Waals surface area contributed by atoms with Gasteiger partial charge in [0.1, 0.15) is 13.2 Å². The first-order valence-electron chi connectivity index (χ1n) is 6.26. The Morgan fingerprint density at radius 2 is 2.05 bits per heavy atom. The zero-order valence-electron chi connectivity index (χ0n) is 11.2. The smallest absolute Gasteiger partial charge is 0.329 e. The summed E-state index contributed by atoms with van der Waals surface area (Å²) in [5.41, 5.74) is 0. The van der Waals surface area contributed by atoms with Crippen molar-refractivity contribution < 1.29 is 23.8 Å². The molecule has 19 heavy (non-hydrogen) atoms. The molecule has 1 fully saturated rings. The topological polar surface area (TPSA) is 94.7 Å². The van der Waals surface area contributed by atoms with Crippen LogP contribution in [0.25, 0.3) is 0 Å². The van der Waals surface area contributed by atoms with Crippen molar-refractivity contribution in [2.24, 2.45) is 5.92 Å². The molecule has 1 aliphatic heterocycles. The molecule has 0 bridgehead atoms. The summed E-state index contributed by atoms with van der Waals surface area (Å²) in [6.45, 7) is 5.72. The Kier molecular flexibility index (Phi) is 4.16. The number of carbonyl (C=O) groups is 1. The number of hydrogen-bond donors (Lipinski definition) is 1. The summed E-state index contributed by atoms with van der Waals surface area (Å²) in [4.78, 5) is 10.3. The van der Waals surface area contributed by atoms with Crippen molar-refractivity contribution in [3.63, 3.8) is 0 Å². The van der Waals surface area contributed by atoms with Gasteiger partial charge in [-0.2, -0.15) is 0 Å². The van der Waals surface area contributed by atoms with E-state index in [9.17, 15) is 4.79 Å². The standard InChI is InChI=1S/C12H18N2O5/c1-6-7(2)18-8(3)11(6)12-14-13-9(19-12)4-17-5-10(15)16/h6-8,11H,4-5H2,1-3H3,(H,15,16). The van der Waals surface area contributed by atoms with E-state index in [0.717, 1.165) is 0 Å². The van der Waals surface area contributed by atoms with Crippen LogP contribution >= 0.6 is 0 Å². The van der Waals surface area contributed by atoms with Crippen molar-refractivity contribution in [1.82, 2.24) is 10.2 Å². The lowest BCUT2D eigenvalue weighted by Crippen LogP contribution is -2.15. The number of aliphatic carboxylic acids is 1. The third kappa shape index (κ3) is 3.10. The number of carboxylic acids is 1. The molecule has 0 aromatic carbocycles. The average molecular weight is 270 g/mol. The summed E-state index contributed by atoms with van der Waals surface area (Å²) in [6.07, 6.45) is 0.178. The fourth-order valence-corrected chi connectivity index (χ4v) is 2.38. The molecule has 0 spiro atoms. The van der Waals surface area contributed by atoms with Crippen molar-refractivity contribution >= 4 is 5.97 Å². The summed E-state index contributed by atoms with van der Waals surface area (Å²) < 4.78 is 16.1. The second kappa shape index (κ2) is 5.66. The van der Waals surface area contributed by atoms with Crippen LogP contribution in [0.5, 0.6) is 0 Å². The molecule has 0 radical (unpaired) electrons. The van der Waals surface area contributed by atoms with E-state index < -0.39 is 5.97 Å². The van der Waals surface area contributed by atoms with E-state index in [1.807, 2.05) is 13.8 Å². The number of aromatic nitrogens is 2. The van der Waals surface area contributed by atoms with Gasteiger partial charge in [0.2, 0.25) is 11.8 Å². The molecule has 4 atom stereocenters. The first-order chi connectivity index (χ1) is 8.99. The molecule has 1 aliphatic rings. The summed E-state index contributed by atoms with van der Waals surface area (Å²) in [6, 6.07) is 0. The molecule has 1 aromatic heterocycles. The molecule has 0 amide bonds. The van der Waals surface area contributed by atoms with Crippen LogP contribution in [0.1, 0.15) is 38.5 Å². The van der Waals surface area contributed by atoms with Crippen LogP contribution in [-0.2, 0) is 20.9 Å². The Labute approximate surface area is 110 Å². The lowest BCUT2D eigenvalue weighted by atomic mass is 9.89. The van der Waals surface area contributed by atoms with E-state index in [2.05, 4.69) is 17.1 Å². The Balaban J connectivity index is 1.98. The number of ether oxygens (including phenoxy) is 2. The van der Waals surface area contributed by atoms with Gasteiger partial charge in [-0.15, -0.1) is 10.2 Å². The fourth-order valence-electron chi connectivity index (χ4n) is 2.38. The molecule has 7 heteroatoms. The second-order valence-electron chi connectivity index (χ2n) is 4.85. The highest BCUT2D eigenvalue weighted by molar-refractivity contribution is 5.67. The van der Waals surface area contributed by atoms with Gasteiger partial charge in [0.05, 0.1) is 18.1 Å². The van der Waals surface area contributed by atoms with Gasteiger partial charge in [0, 0.05) is 0 Å². The van der Waals surface area contributed by atoms with E-state index in [1.165, 1.54) is 0 Å². The largest absolute Gasteiger partial charge is 0.480 e. The molecule has 1 N–H and O–H groups in total. The molecule has 2 heterocycles. The van der Waals surface area contributed by atoms with Gasteiger partial charge in [-0.05, 0) is 19.8 Å². The molecule has 4 unspecified atom stereocenters. The first-order valence-corrected chi connectivity index (χ1v) is 6.26. The highest BCUT2D eigenvalue weighted by Crippen LogP contribution is 2.39. The predicted molar refractivity (Wildman–Crippen MR) is 63.5 cm³/mol. The van der Waals surface area contributed by atoms with Crippen LogP contribution in [0.15, 0.2) is 4.42 Å². The van der Waals surface area contributed by atoms with Crippen molar-refractivity contribution in [1.29, 1.82) is 0 Å². The van der Waals surface area contributed by atoms with E-state index in [-0.39, 0.29) is 37.2 Å². The van der Waals surface area contributed by atoms with Gasteiger partial charge in [-0.1, -0.05) is 6.92 Å². The molecule has 1 aromatic rings. The van der Waals surface area contributed by atoms with Crippen LogP contribution in [0.4, 0.5) is 0 Å². The molecule has 1 saturated heterocycles. The van der Waals surface area contributed by atoms with E-state index in [1.54, 1.807) is 0 Å². The quantitative estimate of drug-likeness (QED) is 0.858. The van der Waals surface area contributed by atoms with Gasteiger partial charge in [0.25, 0.3) is 0 Å². The minimum Gasteiger partial charge on any atom is -0.480 e. The monoisotopic (exact) mass is 270 g/mol. The van der Waals surface area contributed by atoms with E-state index in [0.29, 0.717) is 11.8 Å². The van der Waals surface area contributed by atoms with E-state index >= 15 is 0 Å². The van der Waals surface area contributed by atoms with Crippen LogP contribution < -0.4 is 0 Å². The lowest BCUT2D eigenvalue weighted by molar-refractivity contribution is -0.142. The maximum absolute atomic E-state index is 10.3. The zero-order valence-corrected chi connectivity index (χ0v) is 11.2. The Bertz CT molecular complexity index is 447. The lowest BCUT2D eigenvalue weighted by Gasteiger charge is -2.13. The molecule has 106 valence electrons. The maximum Gasteiger partial charge on any atom is 0.329 e. The van der Waals surface area contributed by atoms with Crippen molar-refractivity contribution in [3.8, 4) is 0 Å². The molecule has 0 saturated carbocycles. The molecular weight excluding hydrogens is 252 g/mol. The predicted octanol–water partition coefficient (Wildman–Crippen LogP) is 1.20. The van der Waals surface area contributed by atoms with Gasteiger partial charge in [0.15, 0.2) is 0 Å². The van der Waals surface area contributed by atoms with Crippen molar-refractivity contribution in [2.75, 3.05) is 6.61 Å². The van der Waals surface area contributed by atoms with Crippen LogP contribution in [0.3, 0.4) is 0 Å². The molecular formula is C12H18N2O5. The minimum absolute atomic E-state index is 0.00515. The Morgan fingerprint density at radius 3 is 2.63 bits per heavy atom. The maximum atomic E-state index is 10.3.